The zero-order chi connectivity index (χ0) is 16.2. The van der Waals surface area contributed by atoms with E-state index in [-0.39, 0.29) is 11.7 Å². The number of anilines is 1. The zero-order valence-corrected chi connectivity index (χ0v) is 13.3. The van der Waals surface area contributed by atoms with Crippen LogP contribution >= 0.6 is 0 Å². The van der Waals surface area contributed by atoms with Gasteiger partial charge in [0.1, 0.15) is 5.82 Å². The predicted octanol–water partition coefficient (Wildman–Crippen LogP) is 2.94. The molecule has 1 heterocycles. The van der Waals surface area contributed by atoms with Crippen molar-refractivity contribution in [3.8, 4) is 0 Å². The van der Waals surface area contributed by atoms with Gasteiger partial charge in [0.2, 0.25) is 5.91 Å². The van der Waals surface area contributed by atoms with Gasteiger partial charge in [-0.05, 0) is 49.1 Å². The van der Waals surface area contributed by atoms with E-state index < -0.39 is 0 Å². The molecule has 3 rings (SSSR count). The number of nitrogens with zero attached hydrogens (tertiary/aromatic N) is 1. The van der Waals surface area contributed by atoms with Gasteiger partial charge < -0.3 is 10.2 Å². The molecule has 0 saturated carbocycles. The van der Waals surface area contributed by atoms with Crippen molar-refractivity contribution in [3.63, 3.8) is 0 Å². The van der Waals surface area contributed by atoms with Crippen LogP contribution in [0.5, 0.6) is 0 Å². The van der Waals surface area contributed by atoms with Gasteiger partial charge in [0.15, 0.2) is 0 Å². The van der Waals surface area contributed by atoms with Crippen LogP contribution < -0.4 is 10.2 Å². The molecular weight excluding hydrogens is 291 g/mol. The third-order valence-corrected chi connectivity index (χ3v) is 4.31. The lowest BCUT2D eigenvalue weighted by atomic mass is 10.1. The minimum absolute atomic E-state index is 0.0238. The Kier molecular flexibility index (Phi) is 4.60. The minimum Gasteiger partial charge on any atom is -0.359 e. The molecule has 0 radical (unpaired) electrons. The summed E-state index contributed by atoms with van der Waals surface area (Å²) in [5.74, 6) is -0.213. The highest BCUT2D eigenvalue weighted by atomic mass is 19.1. The number of hydrogen-bond acceptors (Lipinski definition) is 2. The van der Waals surface area contributed by atoms with Crippen LogP contribution in [0.4, 0.5) is 10.1 Å². The second-order valence-electron chi connectivity index (χ2n) is 6.04. The standard InChI is InChI=1S/C19H21FN2O/c1-14-12-16-4-2-3-5-18(16)22(14)13-19(23)21-11-10-15-6-8-17(20)9-7-15/h2-9,14H,10-13H2,1H3,(H,21,23). The number of para-hydroxylation sites is 1. The molecule has 2 aromatic carbocycles. The highest BCUT2D eigenvalue weighted by Crippen LogP contribution is 2.31. The molecule has 1 aliphatic rings. The van der Waals surface area contributed by atoms with E-state index in [1.807, 2.05) is 12.1 Å². The summed E-state index contributed by atoms with van der Waals surface area (Å²) in [6.07, 6.45) is 1.69. The number of nitrogens with one attached hydrogen (secondary N) is 1. The topological polar surface area (TPSA) is 32.3 Å². The van der Waals surface area contributed by atoms with Crippen molar-refractivity contribution in [2.75, 3.05) is 18.0 Å². The van der Waals surface area contributed by atoms with Gasteiger partial charge >= 0.3 is 0 Å². The summed E-state index contributed by atoms with van der Waals surface area (Å²) in [7, 11) is 0. The van der Waals surface area contributed by atoms with E-state index in [0.717, 1.165) is 17.7 Å². The highest BCUT2D eigenvalue weighted by molar-refractivity contribution is 5.82. The van der Waals surface area contributed by atoms with Crippen molar-refractivity contribution in [1.29, 1.82) is 0 Å². The maximum atomic E-state index is 12.8. The van der Waals surface area contributed by atoms with E-state index in [1.165, 1.54) is 17.7 Å². The van der Waals surface area contributed by atoms with Crippen LogP contribution in [0.15, 0.2) is 48.5 Å². The molecule has 1 atom stereocenters. The molecule has 0 aromatic heterocycles. The van der Waals surface area contributed by atoms with Crippen molar-refractivity contribution >= 4 is 11.6 Å². The fourth-order valence-corrected chi connectivity index (χ4v) is 3.08. The summed E-state index contributed by atoms with van der Waals surface area (Å²) in [4.78, 5) is 14.3. The zero-order valence-electron chi connectivity index (χ0n) is 13.3. The second-order valence-corrected chi connectivity index (χ2v) is 6.04. The molecule has 0 aliphatic carbocycles. The molecule has 1 N–H and O–H groups in total. The molecule has 2 aromatic rings. The summed E-state index contributed by atoms with van der Waals surface area (Å²) >= 11 is 0. The molecule has 4 heteroatoms. The maximum absolute atomic E-state index is 12.8. The summed E-state index contributed by atoms with van der Waals surface area (Å²) in [5, 5.41) is 2.95. The Bertz CT molecular complexity index is 684. The third-order valence-electron chi connectivity index (χ3n) is 4.31. The van der Waals surface area contributed by atoms with E-state index in [1.54, 1.807) is 12.1 Å². The van der Waals surface area contributed by atoms with Crippen LogP contribution in [0.2, 0.25) is 0 Å². The van der Waals surface area contributed by atoms with Crippen molar-refractivity contribution in [1.82, 2.24) is 5.32 Å². The smallest absolute Gasteiger partial charge is 0.239 e. The predicted molar refractivity (Wildman–Crippen MR) is 90.1 cm³/mol. The van der Waals surface area contributed by atoms with Crippen LogP contribution in [0.1, 0.15) is 18.1 Å². The molecule has 1 unspecified atom stereocenters. The van der Waals surface area contributed by atoms with E-state index >= 15 is 0 Å². The summed E-state index contributed by atoms with van der Waals surface area (Å²) in [6, 6.07) is 15.0. The van der Waals surface area contributed by atoms with Crippen molar-refractivity contribution in [2.24, 2.45) is 0 Å². The van der Waals surface area contributed by atoms with Crippen LogP contribution in [0.3, 0.4) is 0 Å². The fraction of sp³-hybridized carbons (Fsp3) is 0.316. The van der Waals surface area contributed by atoms with Gasteiger partial charge in [-0.15, -0.1) is 0 Å². The lowest BCUT2D eigenvalue weighted by Crippen LogP contribution is -2.40. The highest BCUT2D eigenvalue weighted by Gasteiger charge is 2.26. The maximum Gasteiger partial charge on any atom is 0.239 e. The van der Waals surface area contributed by atoms with E-state index in [0.29, 0.717) is 25.6 Å². The molecule has 0 bridgehead atoms. The largest absolute Gasteiger partial charge is 0.359 e. The van der Waals surface area contributed by atoms with E-state index in [4.69, 9.17) is 0 Å². The van der Waals surface area contributed by atoms with Crippen molar-refractivity contribution < 1.29 is 9.18 Å². The van der Waals surface area contributed by atoms with Crippen LogP contribution in [-0.4, -0.2) is 25.0 Å². The Morgan fingerprint density at radius 1 is 1.22 bits per heavy atom. The number of amides is 1. The first-order chi connectivity index (χ1) is 11.1. The quantitative estimate of drug-likeness (QED) is 0.920. The summed E-state index contributed by atoms with van der Waals surface area (Å²) < 4.78 is 12.8. The second kappa shape index (κ2) is 6.82. The molecule has 0 fully saturated rings. The Morgan fingerprint density at radius 3 is 2.74 bits per heavy atom. The molecule has 1 aliphatic heterocycles. The van der Waals surface area contributed by atoms with Gasteiger partial charge in [-0.25, -0.2) is 4.39 Å². The number of hydrogen-bond donors (Lipinski definition) is 1. The molecule has 0 saturated heterocycles. The summed E-state index contributed by atoms with van der Waals surface area (Å²) in [5.41, 5.74) is 3.49. The number of halogens is 1. The van der Waals surface area contributed by atoms with Gasteiger partial charge in [0, 0.05) is 18.3 Å². The normalized spacial score (nSPS) is 16.3. The van der Waals surface area contributed by atoms with Crippen LogP contribution in [0.25, 0.3) is 0 Å². The van der Waals surface area contributed by atoms with Gasteiger partial charge in [0.05, 0.1) is 6.54 Å². The first kappa shape index (κ1) is 15.5. The number of rotatable bonds is 5. The average molecular weight is 312 g/mol. The van der Waals surface area contributed by atoms with Gasteiger partial charge in [-0.3, -0.25) is 4.79 Å². The van der Waals surface area contributed by atoms with Gasteiger partial charge in [0.25, 0.3) is 0 Å². The molecule has 1 amide bonds. The monoisotopic (exact) mass is 312 g/mol. The Morgan fingerprint density at radius 2 is 1.96 bits per heavy atom. The lowest BCUT2D eigenvalue weighted by Gasteiger charge is -2.24. The number of carbonyl (C=O) groups excluding carboxylic acids is 1. The Labute approximate surface area is 136 Å². The third kappa shape index (κ3) is 3.70. The summed E-state index contributed by atoms with van der Waals surface area (Å²) in [6.45, 7) is 3.09. The van der Waals surface area contributed by atoms with Gasteiger partial charge in [-0.2, -0.15) is 0 Å². The minimum atomic E-state index is -0.237. The van der Waals surface area contributed by atoms with Crippen LogP contribution in [0, 0.1) is 5.82 Å². The molecule has 3 nitrogen and oxygen atoms in total. The van der Waals surface area contributed by atoms with Crippen LogP contribution in [-0.2, 0) is 17.6 Å². The molecule has 23 heavy (non-hydrogen) atoms. The Hall–Kier alpha value is -2.36. The number of carbonyl (C=O) groups is 1. The lowest BCUT2D eigenvalue weighted by molar-refractivity contribution is -0.119. The molecule has 120 valence electrons. The SMILES string of the molecule is CC1Cc2ccccc2N1CC(=O)NCCc1ccc(F)cc1. The van der Waals surface area contributed by atoms with Gasteiger partial charge in [-0.1, -0.05) is 30.3 Å². The average Bonchev–Trinajstić information content (AvgIpc) is 2.85. The molecular formula is C19H21FN2O. The molecule has 0 spiro atoms. The number of benzene rings is 2. The fourth-order valence-electron chi connectivity index (χ4n) is 3.08. The first-order valence-electron chi connectivity index (χ1n) is 7.99. The number of fused-ring (bicyclic) bond motifs is 1. The van der Waals surface area contributed by atoms with Crippen molar-refractivity contribution in [3.05, 3.63) is 65.5 Å². The van der Waals surface area contributed by atoms with E-state index in [2.05, 4.69) is 29.3 Å². The van der Waals surface area contributed by atoms with E-state index in [9.17, 15) is 9.18 Å². The van der Waals surface area contributed by atoms with Crippen molar-refractivity contribution in [2.45, 2.75) is 25.8 Å². The Balaban J connectivity index is 1.51. The first-order valence-corrected chi connectivity index (χ1v) is 7.99.